The summed E-state index contributed by atoms with van der Waals surface area (Å²) in [5, 5.41) is 9.58. The van der Waals surface area contributed by atoms with Crippen LogP contribution in [0.4, 0.5) is 0 Å². The fraction of sp³-hybridized carbons (Fsp3) is 0.500. The minimum absolute atomic E-state index is 0.105. The lowest BCUT2D eigenvalue weighted by molar-refractivity contribution is 0.581. The molecule has 0 atom stereocenters. The van der Waals surface area contributed by atoms with Gasteiger partial charge in [0, 0.05) is 4.88 Å². The molecule has 0 aliphatic rings. The van der Waals surface area contributed by atoms with Crippen molar-refractivity contribution in [3.8, 4) is 0 Å². The smallest absolute Gasteiger partial charge is 0.250 e. The molecule has 116 valence electrons. The molecule has 0 aliphatic carbocycles. The molecular weight excluding hydrogens is 310 g/mol. The van der Waals surface area contributed by atoms with E-state index >= 15 is 0 Å². The van der Waals surface area contributed by atoms with E-state index in [4.69, 9.17) is 0 Å². The summed E-state index contributed by atoms with van der Waals surface area (Å²) >= 11 is 1.30. The normalized spacial score (nSPS) is 11.9. The van der Waals surface area contributed by atoms with E-state index in [0.29, 0.717) is 10.0 Å². The Bertz CT molecular complexity index is 636. The number of hydrogen-bond donors (Lipinski definition) is 3. The van der Waals surface area contributed by atoms with Crippen LogP contribution in [0.1, 0.15) is 24.0 Å². The molecule has 2 heterocycles. The zero-order valence-electron chi connectivity index (χ0n) is 11.8. The summed E-state index contributed by atoms with van der Waals surface area (Å²) in [6.45, 7) is 4.06. The molecule has 0 amide bonds. The summed E-state index contributed by atoms with van der Waals surface area (Å²) in [5.74, 6) is 0.485. The molecule has 0 saturated heterocycles. The van der Waals surface area contributed by atoms with Crippen molar-refractivity contribution in [2.24, 2.45) is 0 Å². The van der Waals surface area contributed by atoms with Crippen molar-refractivity contribution in [2.45, 2.75) is 30.5 Å². The van der Waals surface area contributed by atoms with Crippen LogP contribution in [0.2, 0.25) is 0 Å². The van der Waals surface area contributed by atoms with E-state index < -0.39 is 10.0 Å². The SMILES string of the molecule is CCCNCCc1ccc(S(=O)(=O)NCc2ncn[nH]2)s1. The highest BCUT2D eigenvalue weighted by molar-refractivity contribution is 7.91. The average molecular weight is 329 g/mol. The molecule has 0 aliphatic heterocycles. The largest absolute Gasteiger partial charge is 0.316 e. The summed E-state index contributed by atoms with van der Waals surface area (Å²) < 4.78 is 27.1. The Morgan fingerprint density at radius 1 is 1.33 bits per heavy atom. The van der Waals surface area contributed by atoms with E-state index in [0.717, 1.165) is 30.8 Å². The molecule has 2 aromatic heterocycles. The van der Waals surface area contributed by atoms with E-state index in [-0.39, 0.29) is 6.54 Å². The maximum Gasteiger partial charge on any atom is 0.250 e. The van der Waals surface area contributed by atoms with Gasteiger partial charge in [-0.15, -0.1) is 11.3 Å². The van der Waals surface area contributed by atoms with Gasteiger partial charge in [-0.3, -0.25) is 5.10 Å². The van der Waals surface area contributed by atoms with Crippen molar-refractivity contribution >= 4 is 21.4 Å². The van der Waals surface area contributed by atoms with Gasteiger partial charge in [0.25, 0.3) is 0 Å². The van der Waals surface area contributed by atoms with Crippen LogP contribution in [-0.4, -0.2) is 36.7 Å². The number of hydrogen-bond acceptors (Lipinski definition) is 6. The molecule has 0 bridgehead atoms. The lowest BCUT2D eigenvalue weighted by atomic mass is 10.3. The third kappa shape index (κ3) is 4.88. The van der Waals surface area contributed by atoms with E-state index in [1.807, 2.05) is 6.07 Å². The average Bonchev–Trinajstić information content (AvgIpc) is 3.13. The Morgan fingerprint density at radius 2 is 2.19 bits per heavy atom. The summed E-state index contributed by atoms with van der Waals surface area (Å²) in [6.07, 6.45) is 3.27. The lowest BCUT2D eigenvalue weighted by Crippen LogP contribution is -2.23. The molecular formula is C12H19N5O2S2. The van der Waals surface area contributed by atoms with Crippen LogP contribution in [0.3, 0.4) is 0 Å². The summed E-state index contributed by atoms with van der Waals surface area (Å²) in [7, 11) is -3.49. The highest BCUT2D eigenvalue weighted by Crippen LogP contribution is 2.21. The van der Waals surface area contributed by atoms with Crippen molar-refractivity contribution in [3.05, 3.63) is 29.2 Å². The molecule has 3 N–H and O–H groups in total. The predicted molar refractivity (Wildman–Crippen MR) is 81.6 cm³/mol. The van der Waals surface area contributed by atoms with Crippen LogP contribution in [-0.2, 0) is 23.0 Å². The number of thiophene rings is 1. The standard InChI is InChI=1S/C12H19N5O2S2/c1-2-6-13-7-5-10-3-4-12(20-10)21(18,19)16-8-11-14-9-15-17-11/h3-4,9,13,16H,2,5-8H2,1H3,(H,14,15,17). The van der Waals surface area contributed by atoms with E-state index in [1.165, 1.54) is 17.7 Å². The molecule has 7 nitrogen and oxygen atoms in total. The lowest BCUT2D eigenvalue weighted by Gasteiger charge is -2.02. The van der Waals surface area contributed by atoms with Crippen LogP contribution in [0, 0.1) is 0 Å². The molecule has 0 aromatic carbocycles. The molecule has 0 spiro atoms. The molecule has 0 radical (unpaired) electrons. The number of aromatic nitrogens is 3. The maximum absolute atomic E-state index is 12.1. The number of nitrogens with zero attached hydrogens (tertiary/aromatic N) is 2. The second-order valence-electron chi connectivity index (χ2n) is 4.48. The molecule has 21 heavy (non-hydrogen) atoms. The zero-order valence-corrected chi connectivity index (χ0v) is 13.4. The van der Waals surface area contributed by atoms with Gasteiger partial charge in [0.2, 0.25) is 10.0 Å². The van der Waals surface area contributed by atoms with Crippen molar-refractivity contribution in [3.63, 3.8) is 0 Å². The predicted octanol–water partition coefficient (Wildman–Crippen LogP) is 0.887. The van der Waals surface area contributed by atoms with Gasteiger partial charge in [0.15, 0.2) is 0 Å². The third-order valence-electron chi connectivity index (χ3n) is 2.77. The first-order valence-electron chi connectivity index (χ1n) is 6.75. The molecule has 2 rings (SSSR count). The van der Waals surface area contributed by atoms with Crippen LogP contribution in [0.25, 0.3) is 0 Å². The van der Waals surface area contributed by atoms with Gasteiger partial charge in [-0.1, -0.05) is 6.92 Å². The number of H-pyrrole nitrogens is 1. The first-order chi connectivity index (χ1) is 10.1. The van der Waals surface area contributed by atoms with Crippen molar-refractivity contribution < 1.29 is 8.42 Å². The number of rotatable bonds is 9. The number of aromatic amines is 1. The van der Waals surface area contributed by atoms with Gasteiger partial charge in [-0.2, -0.15) is 5.10 Å². The molecule has 0 saturated carbocycles. The summed E-state index contributed by atoms with van der Waals surface area (Å²) in [5.41, 5.74) is 0. The molecule has 0 unspecified atom stereocenters. The Kier molecular flexibility index (Phi) is 5.85. The summed E-state index contributed by atoms with van der Waals surface area (Å²) in [6, 6.07) is 3.50. The quantitative estimate of drug-likeness (QED) is 0.593. The Labute approximate surface area is 128 Å². The van der Waals surface area contributed by atoms with Crippen LogP contribution >= 0.6 is 11.3 Å². The maximum atomic E-state index is 12.1. The van der Waals surface area contributed by atoms with Crippen LogP contribution in [0.15, 0.2) is 22.7 Å². The number of nitrogens with one attached hydrogen (secondary N) is 3. The highest BCUT2D eigenvalue weighted by Gasteiger charge is 2.16. The Balaban J connectivity index is 1.89. The van der Waals surface area contributed by atoms with Crippen molar-refractivity contribution in [1.82, 2.24) is 25.2 Å². The van der Waals surface area contributed by atoms with Gasteiger partial charge in [-0.25, -0.2) is 18.1 Å². The minimum atomic E-state index is -3.49. The van der Waals surface area contributed by atoms with Crippen molar-refractivity contribution in [2.75, 3.05) is 13.1 Å². The van der Waals surface area contributed by atoms with E-state index in [1.54, 1.807) is 6.07 Å². The minimum Gasteiger partial charge on any atom is -0.316 e. The topological polar surface area (TPSA) is 99.8 Å². The molecule has 9 heteroatoms. The second-order valence-corrected chi connectivity index (χ2v) is 7.64. The molecule has 2 aromatic rings. The van der Waals surface area contributed by atoms with Crippen LogP contribution in [0.5, 0.6) is 0 Å². The van der Waals surface area contributed by atoms with Gasteiger partial charge in [0.1, 0.15) is 16.4 Å². The van der Waals surface area contributed by atoms with Crippen LogP contribution < -0.4 is 10.0 Å². The highest BCUT2D eigenvalue weighted by atomic mass is 32.2. The van der Waals surface area contributed by atoms with Gasteiger partial charge in [-0.05, 0) is 38.1 Å². The first-order valence-corrected chi connectivity index (χ1v) is 9.05. The van der Waals surface area contributed by atoms with E-state index in [2.05, 4.69) is 32.1 Å². The van der Waals surface area contributed by atoms with E-state index in [9.17, 15) is 8.42 Å². The Hall–Kier alpha value is -1.29. The second kappa shape index (κ2) is 7.64. The molecule has 0 fully saturated rings. The summed E-state index contributed by atoms with van der Waals surface area (Å²) in [4.78, 5) is 4.93. The van der Waals surface area contributed by atoms with Crippen molar-refractivity contribution in [1.29, 1.82) is 0 Å². The third-order valence-corrected chi connectivity index (χ3v) is 5.81. The fourth-order valence-electron chi connectivity index (χ4n) is 1.70. The monoisotopic (exact) mass is 329 g/mol. The van der Waals surface area contributed by atoms with Gasteiger partial charge < -0.3 is 5.32 Å². The Morgan fingerprint density at radius 3 is 2.90 bits per heavy atom. The first kappa shape index (κ1) is 16.1. The fourth-order valence-corrected chi connectivity index (χ4v) is 4.09. The van der Waals surface area contributed by atoms with Gasteiger partial charge >= 0.3 is 0 Å². The van der Waals surface area contributed by atoms with Gasteiger partial charge in [0.05, 0.1) is 6.54 Å². The zero-order chi connectivity index (χ0) is 15.1. The number of sulfonamides is 1.